The van der Waals surface area contributed by atoms with Crippen LogP contribution in [0.2, 0.25) is 0 Å². The standard InChI is InChI=1S/C9H20N2O2/c1-2-3-4-5-9(11,6-7-10)8(12)13/h2-7,10-11H2,1H3,(H,12,13). The molecule has 0 aromatic carbocycles. The second-order valence-corrected chi connectivity index (χ2v) is 3.46. The van der Waals surface area contributed by atoms with Gasteiger partial charge >= 0.3 is 5.97 Å². The molecule has 0 spiro atoms. The first kappa shape index (κ1) is 12.4. The summed E-state index contributed by atoms with van der Waals surface area (Å²) in [6.45, 7) is 2.40. The van der Waals surface area contributed by atoms with Crippen LogP contribution in [0.4, 0.5) is 0 Å². The van der Waals surface area contributed by atoms with E-state index in [1.54, 1.807) is 0 Å². The number of carbonyl (C=O) groups is 1. The van der Waals surface area contributed by atoms with Gasteiger partial charge in [-0.2, -0.15) is 0 Å². The fraction of sp³-hybridized carbons (Fsp3) is 0.889. The molecule has 0 saturated carbocycles. The molecule has 5 N–H and O–H groups in total. The van der Waals surface area contributed by atoms with Gasteiger partial charge in [0.2, 0.25) is 0 Å². The van der Waals surface area contributed by atoms with E-state index in [0.29, 0.717) is 19.4 Å². The summed E-state index contributed by atoms with van der Waals surface area (Å²) in [6.07, 6.45) is 3.83. The van der Waals surface area contributed by atoms with E-state index in [9.17, 15) is 4.79 Å². The average molecular weight is 188 g/mol. The van der Waals surface area contributed by atoms with E-state index in [-0.39, 0.29) is 0 Å². The van der Waals surface area contributed by atoms with Crippen LogP contribution in [0.3, 0.4) is 0 Å². The predicted molar refractivity (Wildman–Crippen MR) is 52.4 cm³/mol. The summed E-state index contributed by atoms with van der Waals surface area (Å²) in [4.78, 5) is 10.8. The summed E-state index contributed by atoms with van der Waals surface area (Å²) in [5, 5.41) is 8.88. The number of carboxylic acid groups (broad SMARTS) is 1. The maximum absolute atomic E-state index is 10.8. The molecule has 1 unspecified atom stereocenters. The summed E-state index contributed by atoms with van der Waals surface area (Å²) in [7, 11) is 0. The van der Waals surface area contributed by atoms with Gasteiger partial charge in [-0.05, 0) is 19.4 Å². The number of carboxylic acids is 1. The molecule has 0 fully saturated rings. The number of hydrogen-bond acceptors (Lipinski definition) is 3. The summed E-state index contributed by atoms with van der Waals surface area (Å²) in [5.74, 6) is -0.936. The molecule has 0 aromatic heterocycles. The smallest absolute Gasteiger partial charge is 0.323 e. The maximum Gasteiger partial charge on any atom is 0.323 e. The highest BCUT2D eigenvalue weighted by molar-refractivity contribution is 5.78. The molecule has 0 aliphatic rings. The van der Waals surface area contributed by atoms with E-state index in [1.807, 2.05) is 0 Å². The lowest BCUT2D eigenvalue weighted by Crippen LogP contribution is -2.49. The van der Waals surface area contributed by atoms with Crippen molar-refractivity contribution < 1.29 is 9.90 Å². The molecule has 0 radical (unpaired) electrons. The first-order chi connectivity index (χ1) is 6.06. The number of unbranched alkanes of at least 4 members (excludes halogenated alkanes) is 2. The molecule has 4 heteroatoms. The second kappa shape index (κ2) is 5.94. The highest BCUT2D eigenvalue weighted by Crippen LogP contribution is 2.16. The monoisotopic (exact) mass is 188 g/mol. The van der Waals surface area contributed by atoms with Crippen LogP contribution >= 0.6 is 0 Å². The largest absolute Gasteiger partial charge is 0.480 e. The van der Waals surface area contributed by atoms with Crippen LogP contribution in [0.25, 0.3) is 0 Å². The number of aliphatic carboxylic acids is 1. The third-order valence-corrected chi connectivity index (χ3v) is 2.24. The van der Waals surface area contributed by atoms with Gasteiger partial charge in [0.25, 0.3) is 0 Å². The summed E-state index contributed by atoms with van der Waals surface area (Å²) in [6, 6.07) is 0. The third-order valence-electron chi connectivity index (χ3n) is 2.24. The lowest BCUT2D eigenvalue weighted by atomic mass is 9.90. The van der Waals surface area contributed by atoms with Crippen LogP contribution in [0, 0.1) is 0 Å². The second-order valence-electron chi connectivity index (χ2n) is 3.46. The number of rotatable bonds is 7. The van der Waals surface area contributed by atoms with Crippen molar-refractivity contribution in [1.82, 2.24) is 0 Å². The van der Waals surface area contributed by atoms with Gasteiger partial charge in [0.15, 0.2) is 0 Å². The Morgan fingerprint density at radius 1 is 1.38 bits per heavy atom. The minimum absolute atomic E-state index is 0.328. The Morgan fingerprint density at radius 3 is 2.38 bits per heavy atom. The van der Waals surface area contributed by atoms with Crippen molar-refractivity contribution >= 4 is 5.97 Å². The van der Waals surface area contributed by atoms with Crippen molar-refractivity contribution in [2.45, 2.75) is 44.6 Å². The lowest BCUT2D eigenvalue weighted by molar-refractivity contribution is -0.143. The van der Waals surface area contributed by atoms with Gasteiger partial charge in [0.05, 0.1) is 0 Å². The number of hydrogen-bond donors (Lipinski definition) is 3. The molecular formula is C9H20N2O2. The van der Waals surface area contributed by atoms with Gasteiger partial charge in [-0.3, -0.25) is 4.79 Å². The molecule has 1 atom stereocenters. The molecule has 78 valence electrons. The Bertz CT molecular complexity index is 162. The van der Waals surface area contributed by atoms with Gasteiger partial charge in [-0.1, -0.05) is 26.2 Å². The molecule has 0 saturated heterocycles. The Hall–Kier alpha value is -0.610. The summed E-state index contributed by atoms with van der Waals surface area (Å²) >= 11 is 0. The van der Waals surface area contributed by atoms with Crippen LogP contribution in [0.1, 0.15) is 39.0 Å². The van der Waals surface area contributed by atoms with Crippen LogP contribution in [-0.2, 0) is 4.79 Å². The van der Waals surface area contributed by atoms with Crippen molar-refractivity contribution in [2.75, 3.05) is 6.54 Å². The molecule has 0 rings (SSSR count). The quantitative estimate of drug-likeness (QED) is 0.513. The van der Waals surface area contributed by atoms with Gasteiger partial charge in [0, 0.05) is 0 Å². The zero-order valence-corrected chi connectivity index (χ0v) is 8.25. The fourth-order valence-corrected chi connectivity index (χ4v) is 1.29. The zero-order chi connectivity index (χ0) is 10.3. The molecule has 13 heavy (non-hydrogen) atoms. The lowest BCUT2D eigenvalue weighted by Gasteiger charge is -2.23. The van der Waals surface area contributed by atoms with Gasteiger partial charge < -0.3 is 16.6 Å². The van der Waals surface area contributed by atoms with Crippen LogP contribution in [-0.4, -0.2) is 23.2 Å². The highest BCUT2D eigenvalue weighted by atomic mass is 16.4. The van der Waals surface area contributed by atoms with Crippen LogP contribution in [0.15, 0.2) is 0 Å². The molecule has 0 heterocycles. The Morgan fingerprint density at radius 2 is 2.00 bits per heavy atom. The van der Waals surface area contributed by atoms with Crippen molar-refractivity contribution in [3.8, 4) is 0 Å². The van der Waals surface area contributed by atoms with Crippen molar-refractivity contribution in [1.29, 1.82) is 0 Å². The van der Waals surface area contributed by atoms with Crippen LogP contribution in [0.5, 0.6) is 0 Å². The fourth-order valence-electron chi connectivity index (χ4n) is 1.29. The molecule has 0 aliphatic heterocycles. The highest BCUT2D eigenvalue weighted by Gasteiger charge is 2.31. The normalized spacial score (nSPS) is 15.3. The zero-order valence-electron chi connectivity index (χ0n) is 8.25. The van der Waals surface area contributed by atoms with Gasteiger partial charge in [-0.25, -0.2) is 0 Å². The Kier molecular flexibility index (Phi) is 5.66. The van der Waals surface area contributed by atoms with E-state index in [2.05, 4.69) is 6.92 Å². The average Bonchev–Trinajstić information content (AvgIpc) is 2.05. The topological polar surface area (TPSA) is 89.3 Å². The Labute approximate surface area is 79.3 Å². The van der Waals surface area contributed by atoms with Gasteiger partial charge in [0.1, 0.15) is 5.54 Å². The maximum atomic E-state index is 10.8. The van der Waals surface area contributed by atoms with Gasteiger partial charge in [-0.15, -0.1) is 0 Å². The van der Waals surface area contributed by atoms with Crippen molar-refractivity contribution in [3.05, 3.63) is 0 Å². The molecule has 4 nitrogen and oxygen atoms in total. The van der Waals surface area contributed by atoms with E-state index in [1.165, 1.54) is 0 Å². The minimum Gasteiger partial charge on any atom is -0.480 e. The molecule has 0 amide bonds. The summed E-state index contributed by atoms with van der Waals surface area (Å²) in [5.41, 5.74) is 9.92. The third kappa shape index (κ3) is 4.24. The Balaban J connectivity index is 4.00. The predicted octanol–water partition coefficient (Wildman–Crippen LogP) is 0.698. The molecule has 0 aliphatic carbocycles. The number of nitrogens with two attached hydrogens (primary N) is 2. The molecule has 0 aromatic rings. The van der Waals surface area contributed by atoms with E-state index < -0.39 is 11.5 Å². The molecular weight excluding hydrogens is 168 g/mol. The van der Waals surface area contributed by atoms with E-state index in [0.717, 1.165) is 19.3 Å². The molecule has 0 bridgehead atoms. The van der Waals surface area contributed by atoms with Crippen molar-refractivity contribution in [2.24, 2.45) is 11.5 Å². The van der Waals surface area contributed by atoms with Crippen molar-refractivity contribution in [3.63, 3.8) is 0 Å². The first-order valence-electron chi connectivity index (χ1n) is 4.79. The SMILES string of the molecule is CCCCCC(N)(CCN)C(=O)O. The van der Waals surface area contributed by atoms with E-state index >= 15 is 0 Å². The van der Waals surface area contributed by atoms with E-state index in [4.69, 9.17) is 16.6 Å². The summed E-state index contributed by atoms with van der Waals surface area (Å²) < 4.78 is 0. The minimum atomic E-state index is -1.11. The van der Waals surface area contributed by atoms with Crippen LogP contribution < -0.4 is 11.5 Å². The first-order valence-corrected chi connectivity index (χ1v) is 4.79.